The van der Waals surface area contributed by atoms with Crippen LogP contribution in [0.2, 0.25) is 0 Å². The molecule has 0 aromatic heterocycles. The van der Waals surface area contributed by atoms with Gasteiger partial charge in [-0.3, -0.25) is 0 Å². The van der Waals surface area contributed by atoms with Crippen molar-refractivity contribution in [1.29, 1.82) is 0 Å². The van der Waals surface area contributed by atoms with Crippen LogP contribution in [-0.2, 0) is 0 Å². The van der Waals surface area contributed by atoms with Crippen molar-refractivity contribution in [3.8, 4) is 0 Å². The molecular formula is C9H18ClN. The van der Waals surface area contributed by atoms with Crippen LogP contribution in [0.1, 0.15) is 27.2 Å². The van der Waals surface area contributed by atoms with E-state index in [2.05, 4.69) is 20.8 Å². The molecule has 1 aliphatic carbocycles. The van der Waals surface area contributed by atoms with Gasteiger partial charge in [0.05, 0.1) is 0 Å². The number of hydrogen-bond acceptors (Lipinski definition) is 1. The van der Waals surface area contributed by atoms with Crippen LogP contribution in [0.15, 0.2) is 0 Å². The summed E-state index contributed by atoms with van der Waals surface area (Å²) in [4.78, 5) is 0. The molecule has 11 heavy (non-hydrogen) atoms. The lowest BCUT2D eigenvalue weighted by Gasteiger charge is -2.03. The van der Waals surface area contributed by atoms with Gasteiger partial charge in [0.2, 0.25) is 0 Å². The minimum absolute atomic E-state index is 0.302. The maximum absolute atomic E-state index is 5.92. The second-order valence-electron chi connectivity index (χ2n) is 4.29. The second kappa shape index (κ2) is 2.95. The van der Waals surface area contributed by atoms with E-state index in [4.69, 9.17) is 17.3 Å². The van der Waals surface area contributed by atoms with Crippen molar-refractivity contribution in [2.45, 2.75) is 32.6 Å². The molecule has 66 valence electrons. The Balaban J connectivity index is 2.39. The molecule has 1 nitrogen and oxygen atoms in total. The molecule has 1 saturated carbocycles. The van der Waals surface area contributed by atoms with E-state index in [-0.39, 0.29) is 0 Å². The molecule has 0 unspecified atom stereocenters. The number of nitrogens with two attached hydrogens (primary N) is 1. The molecule has 1 fully saturated rings. The molecule has 0 aliphatic heterocycles. The zero-order valence-electron chi connectivity index (χ0n) is 7.60. The van der Waals surface area contributed by atoms with Crippen molar-refractivity contribution in [3.05, 3.63) is 0 Å². The molecule has 0 amide bonds. The number of alkyl halides is 1. The van der Waals surface area contributed by atoms with E-state index in [0.29, 0.717) is 16.7 Å². The highest BCUT2D eigenvalue weighted by Crippen LogP contribution is 2.59. The fourth-order valence-electron chi connectivity index (χ4n) is 2.14. The van der Waals surface area contributed by atoms with Crippen LogP contribution in [0.4, 0.5) is 0 Å². The fourth-order valence-corrected chi connectivity index (χ4v) is 2.34. The van der Waals surface area contributed by atoms with E-state index in [0.717, 1.165) is 18.9 Å². The van der Waals surface area contributed by atoms with Gasteiger partial charge in [-0.25, -0.2) is 0 Å². The van der Waals surface area contributed by atoms with Crippen molar-refractivity contribution in [1.82, 2.24) is 0 Å². The summed E-state index contributed by atoms with van der Waals surface area (Å²) in [5.74, 6) is 1.48. The smallest absolute Gasteiger partial charge is 0.0310 e. The molecule has 3 atom stereocenters. The van der Waals surface area contributed by atoms with Gasteiger partial charge in [0.25, 0.3) is 0 Å². The highest BCUT2D eigenvalue weighted by atomic mass is 35.5. The maximum atomic E-state index is 5.92. The zero-order chi connectivity index (χ0) is 8.65. The van der Waals surface area contributed by atoms with Gasteiger partial charge in [-0.2, -0.15) is 0 Å². The normalized spacial score (nSPS) is 36.8. The molecule has 0 saturated heterocycles. The third-order valence-corrected chi connectivity index (χ3v) is 3.30. The fraction of sp³-hybridized carbons (Fsp3) is 1.00. The summed E-state index contributed by atoms with van der Waals surface area (Å²) in [5, 5.41) is 0.302. The Kier molecular flexibility index (Phi) is 2.50. The van der Waals surface area contributed by atoms with Gasteiger partial charge in [-0.1, -0.05) is 13.8 Å². The third kappa shape index (κ3) is 1.70. The van der Waals surface area contributed by atoms with Crippen molar-refractivity contribution in [2.75, 3.05) is 6.54 Å². The Morgan fingerprint density at radius 2 is 2.00 bits per heavy atom. The molecule has 1 aliphatic rings. The predicted octanol–water partition coefficient (Wildman–Crippen LogP) is 2.23. The highest BCUT2D eigenvalue weighted by molar-refractivity contribution is 6.20. The van der Waals surface area contributed by atoms with Gasteiger partial charge in [0.15, 0.2) is 0 Å². The molecule has 0 heterocycles. The van der Waals surface area contributed by atoms with Crippen molar-refractivity contribution >= 4 is 11.6 Å². The Hall–Kier alpha value is 0.250. The van der Waals surface area contributed by atoms with Crippen LogP contribution < -0.4 is 5.73 Å². The van der Waals surface area contributed by atoms with Gasteiger partial charge < -0.3 is 5.73 Å². The van der Waals surface area contributed by atoms with Gasteiger partial charge in [0, 0.05) is 5.38 Å². The number of hydrogen-bond donors (Lipinski definition) is 1. The first-order chi connectivity index (χ1) is 5.00. The SMILES string of the molecule is C[C@@H](Cl)C[C@H]1[C@@H](CN)C1(C)C. The van der Waals surface area contributed by atoms with E-state index in [1.54, 1.807) is 0 Å². The number of rotatable bonds is 3. The van der Waals surface area contributed by atoms with Crippen molar-refractivity contribution in [3.63, 3.8) is 0 Å². The molecule has 1 rings (SSSR count). The predicted molar refractivity (Wildman–Crippen MR) is 49.7 cm³/mol. The molecule has 0 spiro atoms. The zero-order valence-corrected chi connectivity index (χ0v) is 8.36. The van der Waals surface area contributed by atoms with E-state index in [9.17, 15) is 0 Å². The first kappa shape index (κ1) is 9.34. The summed E-state index contributed by atoms with van der Waals surface area (Å²) in [6.07, 6.45) is 1.12. The summed E-state index contributed by atoms with van der Waals surface area (Å²) >= 11 is 5.92. The monoisotopic (exact) mass is 175 g/mol. The Bertz CT molecular complexity index is 142. The van der Waals surface area contributed by atoms with Crippen LogP contribution in [-0.4, -0.2) is 11.9 Å². The Morgan fingerprint density at radius 1 is 1.45 bits per heavy atom. The van der Waals surface area contributed by atoms with Crippen LogP contribution in [0.3, 0.4) is 0 Å². The first-order valence-electron chi connectivity index (χ1n) is 4.34. The highest BCUT2D eigenvalue weighted by Gasteiger charge is 2.56. The minimum atomic E-state index is 0.302. The number of halogens is 1. The summed E-state index contributed by atoms with van der Waals surface area (Å²) in [5.41, 5.74) is 6.09. The molecule has 2 heteroatoms. The molecule has 0 bridgehead atoms. The third-order valence-electron chi connectivity index (χ3n) is 3.12. The van der Waals surface area contributed by atoms with Gasteiger partial charge in [-0.15, -0.1) is 11.6 Å². The lowest BCUT2D eigenvalue weighted by atomic mass is 10.1. The van der Waals surface area contributed by atoms with Crippen LogP contribution in [0, 0.1) is 17.3 Å². The lowest BCUT2D eigenvalue weighted by Crippen LogP contribution is -2.05. The summed E-state index contributed by atoms with van der Waals surface area (Å²) in [7, 11) is 0. The average Bonchev–Trinajstić information content (AvgIpc) is 2.33. The van der Waals surface area contributed by atoms with E-state index >= 15 is 0 Å². The summed E-state index contributed by atoms with van der Waals surface area (Å²) in [6.45, 7) is 7.45. The lowest BCUT2D eigenvalue weighted by molar-refractivity contribution is 0.521. The van der Waals surface area contributed by atoms with Crippen molar-refractivity contribution in [2.24, 2.45) is 23.0 Å². The van der Waals surface area contributed by atoms with Crippen LogP contribution >= 0.6 is 11.6 Å². The topological polar surface area (TPSA) is 26.0 Å². The summed E-state index contributed by atoms with van der Waals surface area (Å²) in [6, 6.07) is 0. The van der Waals surface area contributed by atoms with E-state index < -0.39 is 0 Å². The van der Waals surface area contributed by atoms with Crippen molar-refractivity contribution < 1.29 is 0 Å². The average molecular weight is 176 g/mol. The Labute approximate surface area is 74.3 Å². The summed E-state index contributed by atoms with van der Waals surface area (Å²) < 4.78 is 0. The maximum Gasteiger partial charge on any atom is 0.0310 e. The Morgan fingerprint density at radius 3 is 2.27 bits per heavy atom. The standard InChI is InChI=1S/C9H18ClN/c1-6(10)4-7-8(5-11)9(7,2)3/h6-8H,4-5,11H2,1-3H3/t6-,7+,8-/m1/s1. The van der Waals surface area contributed by atoms with Crippen LogP contribution in [0.5, 0.6) is 0 Å². The first-order valence-corrected chi connectivity index (χ1v) is 4.78. The molecular weight excluding hydrogens is 158 g/mol. The molecule has 0 aromatic rings. The second-order valence-corrected chi connectivity index (χ2v) is 5.03. The molecule has 2 N–H and O–H groups in total. The van der Waals surface area contributed by atoms with E-state index in [1.165, 1.54) is 0 Å². The minimum Gasteiger partial charge on any atom is -0.330 e. The van der Waals surface area contributed by atoms with Gasteiger partial charge in [-0.05, 0) is 37.1 Å². The van der Waals surface area contributed by atoms with Gasteiger partial charge >= 0.3 is 0 Å². The van der Waals surface area contributed by atoms with Crippen LogP contribution in [0.25, 0.3) is 0 Å². The quantitative estimate of drug-likeness (QED) is 0.655. The van der Waals surface area contributed by atoms with E-state index in [1.807, 2.05) is 0 Å². The largest absolute Gasteiger partial charge is 0.330 e. The molecule has 0 aromatic carbocycles. The van der Waals surface area contributed by atoms with Gasteiger partial charge in [0.1, 0.15) is 0 Å². The molecule has 0 radical (unpaired) electrons.